The summed E-state index contributed by atoms with van der Waals surface area (Å²) in [4.78, 5) is 7.17. The number of nitrogens with zero attached hydrogens (tertiary/aromatic N) is 2. The van der Waals surface area contributed by atoms with Crippen molar-refractivity contribution in [3.8, 4) is 0 Å². The quantitative estimate of drug-likeness (QED) is 0.402. The molecule has 1 unspecified atom stereocenters. The van der Waals surface area contributed by atoms with E-state index in [1.165, 1.54) is 32.1 Å². The topological polar surface area (TPSA) is 44.7 Å². The molecule has 1 spiro atoms. The third kappa shape index (κ3) is 5.87. The molecule has 1 aliphatic carbocycles. The smallest absolute Gasteiger partial charge is 0.193 e. The standard InChI is InChI=1S/C17H33N3OS.HI/c1-5-18-15(19-11-13-22(21)16(2,3)4)20-12-10-17(14-20)8-6-7-9-17;/h5-14H2,1-4H3,(H,18,19);1H. The second kappa shape index (κ2) is 9.02. The first-order valence-electron chi connectivity index (χ1n) is 8.78. The zero-order valence-corrected chi connectivity index (χ0v) is 18.3. The lowest BCUT2D eigenvalue weighted by Crippen LogP contribution is -2.41. The molecule has 4 nitrogen and oxygen atoms in total. The van der Waals surface area contributed by atoms with E-state index >= 15 is 0 Å². The molecule has 1 aliphatic heterocycles. The third-order valence-electron chi connectivity index (χ3n) is 4.96. The van der Waals surface area contributed by atoms with E-state index in [1.807, 2.05) is 20.8 Å². The van der Waals surface area contributed by atoms with Crippen molar-refractivity contribution in [3.63, 3.8) is 0 Å². The fourth-order valence-electron chi connectivity index (χ4n) is 3.62. The molecule has 2 aliphatic rings. The molecule has 1 N–H and O–H groups in total. The Morgan fingerprint density at radius 1 is 1.26 bits per heavy atom. The Kier molecular flexibility index (Phi) is 8.31. The molecule has 1 saturated heterocycles. The number of aliphatic imine (C=N–C) groups is 1. The Morgan fingerprint density at radius 3 is 2.48 bits per heavy atom. The predicted octanol–water partition coefficient (Wildman–Crippen LogP) is 3.38. The van der Waals surface area contributed by atoms with Crippen LogP contribution < -0.4 is 5.32 Å². The summed E-state index contributed by atoms with van der Waals surface area (Å²) in [6, 6.07) is 0. The van der Waals surface area contributed by atoms with Crippen molar-refractivity contribution in [3.05, 3.63) is 0 Å². The lowest BCUT2D eigenvalue weighted by molar-refractivity contribution is 0.309. The molecular weight excluding hydrogens is 421 g/mol. The molecule has 0 bridgehead atoms. The molecule has 0 aromatic carbocycles. The van der Waals surface area contributed by atoms with E-state index in [1.54, 1.807) is 0 Å². The van der Waals surface area contributed by atoms with Crippen LogP contribution in [0.3, 0.4) is 0 Å². The minimum atomic E-state index is -0.821. The van der Waals surface area contributed by atoms with Gasteiger partial charge in [-0.2, -0.15) is 0 Å². The largest absolute Gasteiger partial charge is 0.357 e. The van der Waals surface area contributed by atoms with E-state index in [9.17, 15) is 4.21 Å². The molecule has 1 heterocycles. The Morgan fingerprint density at radius 2 is 1.91 bits per heavy atom. The van der Waals surface area contributed by atoms with Crippen molar-refractivity contribution < 1.29 is 4.21 Å². The van der Waals surface area contributed by atoms with Crippen LogP contribution in [-0.4, -0.2) is 51.7 Å². The number of halogens is 1. The molecule has 23 heavy (non-hydrogen) atoms. The molecule has 0 amide bonds. The van der Waals surface area contributed by atoms with Gasteiger partial charge in [-0.3, -0.25) is 9.20 Å². The van der Waals surface area contributed by atoms with Crippen LogP contribution in [0.1, 0.15) is 59.8 Å². The molecule has 6 heteroatoms. The molecule has 0 radical (unpaired) electrons. The Balaban J connectivity index is 0.00000264. The number of likely N-dealkylation sites (tertiary alicyclic amines) is 1. The van der Waals surface area contributed by atoms with Gasteiger partial charge in [0, 0.05) is 40.9 Å². The maximum Gasteiger partial charge on any atom is 0.193 e. The summed E-state index contributed by atoms with van der Waals surface area (Å²) in [5, 5.41) is 3.42. The highest BCUT2D eigenvalue weighted by molar-refractivity contribution is 14.0. The zero-order valence-electron chi connectivity index (χ0n) is 15.2. The van der Waals surface area contributed by atoms with Crippen molar-refractivity contribution in [2.75, 3.05) is 31.9 Å². The van der Waals surface area contributed by atoms with Gasteiger partial charge < -0.3 is 10.2 Å². The van der Waals surface area contributed by atoms with Gasteiger partial charge in [0.1, 0.15) is 0 Å². The maximum absolute atomic E-state index is 12.1. The van der Waals surface area contributed by atoms with Crippen LogP contribution in [0.4, 0.5) is 0 Å². The molecule has 1 saturated carbocycles. The summed E-state index contributed by atoms with van der Waals surface area (Å²) in [6.07, 6.45) is 6.87. The SMILES string of the molecule is CCNC(=NCCS(=O)C(C)(C)C)N1CCC2(CCCC2)C1.I. The van der Waals surface area contributed by atoms with Crippen molar-refractivity contribution in [1.29, 1.82) is 0 Å². The van der Waals surface area contributed by atoms with Crippen LogP contribution in [0.15, 0.2) is 4.99 Å². The van der Waals surface area contributed by atoms with E-state index in [0.717, 1.165) is 25.6 Å². The Bertz CT molecular complexity index is 428. The Hall–Kier alpha value is 0.150. The lowest BCUT2D eigenvalue weighted by Gasteiger charge is -2.26. The van der Waals surface area contributed by atoms with Crippen LogP contribution in [0.5, 0.6) is 0 Å². The van der Waals surface area contributed by atoms with E-state index in [2.05, 4.69) is 17.1 Å². The second-order valence-corrected chi connectivity index (χ2v) is 10.1. The highest BCUT2D eigenvalue weighted by Crippen LogP contribution is 2.45. The summed E-state index contributed by atoms with van der Waals surface area (Å²) in [5.74, 6) is 1.68. The number of guanidine groups is 1. The minimum absolute atomic E-state index is 0. The van der Waals surface area contributed by atoms with Crippen molar-refractivity contribution in [2.45, 2.75) is 64.5 Å². The monoisotopic (exact) mass is 455 g/mol. The Labute approximate surface area is 161 Å². The average Bonchev–Trinajstić information content (AvgIpc) is 3.07. The first kappa shape index (κ1) is 21.2. The number of hydrogen-bond acceptors (Lipinski definition) is 2. The van der Waals surface area contributed by atoms with Gasteiger partial charge >= 0.3 is 0 Å². The van der Waals surface area contributed by atoms with Gasteiger partial charge in [0.15, 0.2) is 5.96 Å². The minimum Gasteiger partial charge on any atom is -0.357 e. The molecular formula is C17H34IN3OS. The molecule has 1 atom stereocenters. The van der Waals surface area contributed by atoms with Crippen molar-refractivity contribution in [2.24, 2.45) is 10.4 Å². The third-order valence-corrected chi connectivity index (χ3v) is 6.88. The first-order chi connectivity index (χ1) is 10.4. The fraction of sp³-hybridized carbons (Fsp3) is 0.941. The van der Waals surface area contributed by atoms with Crippen molar-refractivity contribution in [1.82, 2.24) is 10.2 Å². The normalized spacial score (nSPS) is 22.3. The molecule has 0 aromatic rings. The van der Waals surface area contributed by atoms with Crippen LogP contribution in [0.25, 0.3) is 0 Å². The molecule has 0 aromatic heterocycles. The first-order valence-corrected chi connectivity index (χ1v) is 10.1. The molecule has 136 valence electrons. The van der Waals surface area contributed by atoms with E-state index in [-0.39, 0.29) is 28.7 Å². The number of nitrogens with one attached hydrogen (secondary N) is 1. The van der Waals surface area contributed by atoms with E-state index in [4.69, 9.17) is 4.99 Å². The second-order valence-electron chi connectivity index (χ2n) is 7.78. The summed E-state index contributed by atoms with van der Waals surface area (Å²) in [7, 11) is -0.821. The highest BCUT2D eigenvalue weighted by Gasteiger charge is 2.41. The highest BCUT2D eigenvalue weighted by atomic mass is 127. The summed E-state index contributed by atoms with van der Waals surface area (Å²) >= 11 is 0. The van der Waals surface area contributed by atoms with Gasteiger partial charge in [-0.15, -0.1) is 24.0 Å². The van der Waals surface area contributed by atoms with E-state index in [0.29, 0.717) is 17.7 Å². The van der Waals surface area contributed by atoms with Gasteiger partial charge in [0.25, 0.3) is 0 Å². The van der Waals surface area contributed by atoms with Gasteiger partial charge in [-0.1, -0.05) is 12.8 Å². The summed E-state index contributed by atoms with van der Waals surface area (Å²) < 4.78 is 12.0. The molecule has 2 fully saturated rings. The van der Waals surface area contributed by atoms with E-state index < -0.39 is 10.8 Å². The zero-order chi connectivity index (χ0) is 16.2. The van der Waals surface area contributed by atoms with Gasteiger partial charge in [0.05, 0.1) is 6.54 Å². The maximum atomic E-state index is 12.1. The summed E-state index contributed by atoms with van der Waals surface area (Å²) in [6.45, 7) is 12.0. The van der Waals surface area contributed by atoms with Crippen LogP contribution in [0.2, 0.25) is 0 Å². The van der Waals surface area contributed by atoms with Crippen LogP contribution in [-0.2, 0) is 10.8 Å². The molecule has 2 rings (SSSR count). The van der Waals surface area contributed by atoms with Crippen molar-refractivity contribution >= 4 is 40.7 Å². The number of hydrogen-bond donors (Lipinski definition) is 1. The van der Waals surface area contributed by atoms with Gasteiger partial charge in [-0.25, -0.2) is 0 Å². The fourth-order valence-corrected chi connectivity index (χ4v) is 4.48. The predicted molar refractivity (Wildman–Crippen MR) is 111 cm³/mol. The summed E-state index contributed by atoms with van der Waals surface area (Å²) in [5.41, 5.74) is 0.560. The average molecular weight is 455 g/mol. The van der Waals surface area contributed by atoms with Gasteiger partial charge in [0.2, 0.25) is 0 Å². The van der Waals surface area contributed by atoms with Gasteiger partial charge in [-0.05, 0) is 52.4 Å². The van der Waals surface area contributed by atoms with Crippen LogP contribution >= 0.6 is 24.0 Å². The van der Waals surface area contributed by atoms with Crippen LogP contribution in [0, 0.1) is 5.41 Å². The lowest BCUT2D eigenvalue weighted by atomic mass is 9.86. The number of rotatable bonds is 4.